The Hall–Kier alpha value is -3.56. The van der Waals surface area contributed by atoms with Crippen molar-refractivity contribution in [2.75, 3.05) is 33.4 Å². The Labute approximate surface area is 274 Å². The summed E-state index contributed by atoms with van der Waals surface area (Å²) >= 11 is 0. The largest absolute Gasteiger partial charge is 0.404 e. The predicted octanol–water partition coefficient (Wildman–Crippen LogP) is 6.31. The Morgan fingerprint density at radius 3 is 2.70 bits per heavy atom. The van der Waals surface area contributed by atoms with Crippen LogP contribution < -0.4 is 11.1 Å². The molecule has 9 heteroatoms. The number of amides is 1. The van der Waals surface area contributed by atoms with Crippen LogP contribution in [0.1, 0.15) is 95.1 Å². The molecule has 3 N–H and O–H groups in total. The van der Waals surface area contributed by atoms with Crippen LogP contribution in [0.25, 0.3) is 27.6 Å². The molecule has 3 aromatic rings. The number of fused-ring (bicyclic) bond motifs is 2. The van der Waals surface area contributed by atoms with Crippen LogP contribution in [0, 0.1) is 5.41 Å². The normalized spacial score (nSPS) is 19.2. The third kappa shape index (κ3) is 7.20. The number of carbonyl (C=O) groups is 1. The van der Waals surface area contributed by atoms with Gasteiger partial charge < -0.3 is 20.7 Å². The molecule has 1 unspecified atom stereocenters. The number of nitrogens with two attached hydrogens (primary N) is 1. The molecule has 248 valence electrons. The fraction of sp³-hybridized carbons (Fsp3) is 0.568. The van der Waals surface area contributed by atoms with Crippen LogP contribution in [0.5, 0.6) is 0 Å². The van der Waals surface area contributed by atoms with Crippen LogP contribution in [0.4, 0.5) is 0 Å². The van der Waals surface area contributed by atoms with Crippen molar-refractivity contribution in [1.29, 1.82) is 0 Å². The van der Waals surface area contributed by atoms with E-state index in [4.69, 9.17) is 25.5 Å². The minimum Gasteiger partial charge on any atom is -0.404 e. The van der Waals surface area contributed by atoms with Crippen molar-refractivity contribution in [2.24, 2.45) is 16.1 Å². The van der Waals surface area contributed by atoms with E-state index in [0.717, 1.165) is 90.5 Å². The number of piperidine rings is 1. The Balaban J connectivity index is 0.00000204. The molecular weight excluding hydrogens is 574 g/mol. The van der Waals surface area contributed by atoms with Gasteiger partial charge in [-0.3, -0.25) is 19.5 Å². The summed E-state index contributed by atoms with van der Waals surface area (Å²) < 4.78 is 7.61. The number of hydrogen-bond acceptors (Lipinski definition) is 7. The molecule has 1 spiro atoms. The highest BCUT2D eigenvalue weighted by Crippen LogP contribution is 2.44. The van der Waals surface area contributed by atoms with E-state index in [1.54, 1.807) is 13.3 Å². The van der Waals surface area contributed by atoms with Gasteiger partial charge >= 0.3 is 0 Å². The van der Waals surface area contributed by atoms with Gasteiger partial charge in [-0.1, -0.05) is 39.0 Å². The highest BCUT2D eigenvalue weighted by Gasteiger charge is 2.36. The fourth-order valence-corrected chi connectivity index (χ4v) is 7.57. The van der Waals surface area contributed by atoms with Crippen molar-refractivity contribution in [3.63, 3.8) is 0 Å². The van der Waals surface area contributed by atoms with Crippen LogP contribution >= 0.6 is 0 Å². The number of methoxy groups -OCH3 is 1. The number of aromatic nitrogens is 3. The first kappa shape index (κ1) is 33.8. The second-order valence-corrected chi connectivity index (χ2v) is 12.9. The molecule has 6 rings (SSSR count). The number of ether oxygens (including phenoxy) is 1. The first-order valence-electron chi connectivity index (χ1n) is 17.4. The monoisotopic (exact) mass is 627 g/mol. The van der Waals surface area contributed by atoms with Crippen LogP contribution in [0.3, 0.4) is 0 Å². The van der Waals surface area contributed by atoms with Gasteiger partial charge in [0.05, 0.1) is 17.4 Å². The van der Waals surface area contributed by atoms with Gasteiger partial charge in [-0.15, -0.1) is 0 Å². The topological polar surface area (TPSA) is 111 Å². The lowest BCUT2D eigenvalue weighted by atomic mass is 9.67. The fourth-order valence-electron chi connectivity index (χ4n) is 7.57. The average molecular weight is 628 g/mol. The molecule has 46 heavy (non-hydrogen) atoms. The maximum Gasteiger partial charge on any atom is 0.210 e. The van der Waals surface area contributed by atoms with Crippen LogP contribution in [-0.4, -0.2) is 71.7 Å². The third-order valence-electron chi connectivity index (χ3n) is 10.3. The lowest BCUT2D eigenvalue weighted by molar-refractivity contribution is -0.118. The number of rotatable bonds is 10. The number of aliphatic imine (C=N–C) groups is 1. The molecule has 2 aliphatic heterocycles. The zero-order chi connectivity index (χ0) is 32.5. The summed E-state index contributed by atoms with van der Waals surface area (Å²) in [5, 5.41) is 10.8. The zero-order valence-corrected chi connectivity index (χ0v) is 28.3. The maximum atomic E-state index is 11.8. The summed E-state index contributed by atoms with van der Waals surface area (Å²) in [6.07, 6.45) is 16.5. The molecule has 1 saturated heterocycles. The van der Waals surface area contributed by atoms with E-state index in [9.17, 15) is 4.79 Å². The molecule has 2 fully saturated rings. The Kier molecular flexibility index (Phi) is 11.6. The number of benzene rings is 1. The van der Waals surface area contributed by atoms with Crippen molar-refractivity contribution in [2.45, 2.75) is 97.2 Å². The van der Waals surface area contributed by atoms with E-state index in [2.05, 4.69) is 41.2 Å². The highest BCUT2D eigenvalue weighted by molar-refractivity contribution is 6.10. The van der Waals surface area contributed by atoms with Gasteiger partial charge in [0.25, 0.3) is 0 Å². The van der Waals surface area contributed by atoms with E-state index in [1.165, 1.54) is 31.4 Å². The summed E-state index contributed by atoms with van der Waals surface area (Å²) in [5.74, 6) is 0. The quantitative estimate of drug-likeness (QED) is 0.201. The minimum atomic E-state index is 0.242. The summed E-state index contributed by atoms with van der Waals surface area (Å²) in [6.45, 7) is 10.5. The first-order chi connectivity index (χ1) is 22.6. The summed E-state index contributed by atoms with van der Waals surface area (Å²) in [6, 6.07) is 9.00. The van der Waals surface area contributed by atoms with Gasteiger partial charge in [-0.05, 0) is 81.3 Å². The minimum absolute atomic E-state index is 0.242. The van der Waals surface area contributed by atoms with Gasteiger partial charge in [-0.25, -0.2) is 0 Å². The van der Waals surface area contributed by atoms with Crippen molar-refractivity contribution < 1.29 is 9.53 Å². The smallest absolute Gasteiger partial charge is 0.210 e. The average Bonchev–Trinajstić information content (AvgIpc) is 3.49. The number of nitrogens with zero attached hydrogens (tertiary/aromatic N) is 5. The van der Waals surface area contributed by atoms with E-state index >= 15 is 0 Å². The second-order valence-electron chi connectivity index (χ2n) is 12.9. The molecule has 1 amide bonds. The first-order valence-corrected chi connectivity index (χ1v) is 17.4. The summed E-state index contributed by atoms with van der Waals surface area (Å²) in [4.78, 5) is 23.5. The Morgan fingerprint density at radius 2 is 2.00 bits per heavy atom. The molecule has 2 aromatic heterocycles. The third-order valence-corrected chi connectivity index (χ3v) is 10.3. The number of allylic oxidation sites excluding steroid dienone is 1. The van der Waals surface area contributed by atoms with E-state index < -0.39 is 0 Å². The van der Waals surface area contributed by atoms with Gasteiger partial charge in [0, 0.05) is 85.7 Å². The molecule has 3 aliphatic rings. The van der Waals surface area contributed by atoms with Crippen molar-refractivity contribution in [3.8, 4) is 11.3 Å². The molecule has 4 heterocycles. The van der Waals surface area contributed by atoms with Gasteiger partial charge in [0.15, 0.2) is 0 Å². The van der Waals surface area contributed by atoms with Gasteiger partial charge in [0.2, 0.25) is 6.41 Å². The molecule has 0 bridgehead atoms. The lowest BCUT2D eigenvalue weighted by Crippen LogP contribution is -2.39. The van der Waals surface area contributed by atoms with E-state index in [0.29, 0.717) is 31.2 Å². The predicted molar refractivity (Wildman–Crippen MR) is 188 cm³/mol. The molecule has 1 aromatic carbocycles. The van der Waals surface area contributed by atoms with Crippen molar-refractivity contribution in [3.05, 3.63) is 53.6 Å². The standard InChI is InChI=1S/C35H47N7O2.C2H6/c1-3-28(10-18-44-2)42-33-9-17-41(24-43)23-31(33)34(40-42)29-6-4-5-25-19-32(39-22-30(25)29)26(20-36)21-38-27-7-11-35(12-8-27)13-15-37-16-14-35;1-2/h4-6,19-22,24,27-28,37H,3,7-18,23,36H2,1-2H3;1-2H3/b26-20+,38-21?;. The molecule has 9 nitrogen and oxygen atoms in total. The van der Waals surface area contributed by atoms with Crippen LogP contribution in [0.2, 0.25) is 0 Å². The summed E-state index contributed by atoms with van der Waals surface area (Å²) in [7, 11) is 1.74. The van der Waals surface area contributed by atoms with Crippen LogP contribution in [0.15, 0.2) is 41.7 Å². The number of pyridine rings is 1. The second kappa shape index (κ2) is 15.8. The Morgan fingerprint density at radius 1 is 1.22 bits per heavy atom. The number of carbonyl (C=O) groups excluding carboxylic acids is 1. The Bertz CT molecular complexity index is 1510. The maximum absolute atomic E-state index is 11.8. The highest BCUT2D eigenvalue weighted by atomic mass is 16.5. The number of hydrogen-bond donors (Lipinski definition) is 2. The van der Waals surface area contributed by atoms with E-state index in [-0.39, 0.29) is 6.04 Å². The van der Waals surface area contributed by atoms with Crippen molar-refractivity contribution >= 4 is 29.0 Å². The summed E-state index contributed by atoms with van der Waals surface area (Å²) in [5.41, 5.74) is 12.6. The zero-order valence-electron chi connectivity index (χ0n) is 28.3. The van der Waals surface area contributed by atoms with Gasteiger partial charge in [-0.2, -0.15) is 5.10 Å². The van der Waals surface area contributed by atoms with Crippen LogP contribution in [-0.2, 0) is 22.5 Å². The van der Waals surface area contributed by atoms with E-state index in [1.807, 2.05) is 31.2 Å². The number of nitrogens with one attached hydrogen (secondary N) is 1. The molecule has 1 aliphatic carbocycles. The van der Waals surface area contributed by atoms with Crippen molar-refractivity contribution in [1.82, 2.24) is 25.0 Å². The lowest BCUT2D eigenvalue weighted by Gasteiger charge is -2.42. The molecule has 1 atom stereocenters. The molecule has 0 radical (unpaired) electrons. The SMILES string of the molecule is CC.CCC(CCOC)n1nc(-c2cccc3cc(/C(C=NC4CCC5(CCNCC5)CC4)=C/N)ncc23)c2c1CCN(C=O)C2. The van der Waals surface area contributed by atoms with Gasteiger partial charge in [0.1, 0.15) is 0 Å². The molecule has 1 saturated carbocycles. The molecular formula is C37H53N7O2.